The Morgan fingerprint density at radius 3 is 2.65 bits per heavy atom. The first-order valence-electron chi connectivity index (χ1n) is 7.32. The van der Waals surface area contributed by atoms with Crippen LogP contribution in [0.15, 0.2) is 30.5 Å². The van der Waals surface area contributed by atoms with Crippen molar-refractivity contribution in [1.29, 1.82) is 0 Å². The van der Waals surface area contributed by atoms with Gasteiger partial charge in [0, 0.05) is 0 Å². The highest BCUT2D eigenvalue weighted by atomic mass is 16.3. The molecular weight excluding hydrogens is 250 g/mol. The van der Waals surface area contributed by atoms with Crippen molar-refractivity contribution in [2.45, 2.75) is 38.1 Å². The van der Waals surface area contributed by atoms with Crippen LogP contribution in [0.2, 0.25) is 0 Å². The summed E-state index contributed by atoms with van der Waals surface area (Å²) in [5, 5.41) is 13.2. The molecule has 20 heavy (non-hydrogen) atoms. The molecule has 2 aromatic rings. The molecule has 1 aliphatic rings. The maximum atomic E-state index is 9.79. The monoisotopic (exact) mass is 271 g/mol. The fraction of sp³-hybridized carbons (Fsp3) is 0.500. The Kier molecular flexibility index (Phi) is 3.57. The minimum Gasteiger partial charge on any atom is -0.394 e. The van der Waals surface area contributed by atoms with Gasteiger partial charge >= 0.3 is 0 Å². The number of aliphatic hydroxyl groups is 1. The van der Waals surface area contributed by atoms with Crippen LogP contribution in [0.4, 0.5) is 5.82 Å². The number of anilines is 1. The second-order valence-electron chi connectivity index (χ2n) is 5.99. The van der Waals surface area contributed by atoms with Gasteiger partial charge < -0.3 is 10.4 Å². The molecule has 0 spiro atoms. The predicted molar refractivity (Wildman–Crippen MR) is 80.6 cm³/mol. The predicted octanol–water partition coefficient (Wildman–Crippen LogP) is 2.98. The maximum absolute atomic E-state index is 9.79. The fourth-order valence-corrected chi connectivity index (χ4v) is 2.93. The molecule has 3 rings (SSSR count). The van der Waals surface area contributed by atoms with E-state index in [2.05, 4.69) is 22.2 Å². The number of hydrogen-bond acceptors (Lipinski definition) is 4. The quantitative estimate of drug-likeness (QED) is 0.901. The summed E-state index contributed by atoms with van der Waals surface area (Å²) >= 11 is 0. The second-order valence-corrected chi connectivity index (χ2v) is 5.99. The van der Waals surface area contributed by atoms with Crippen molar-refractivity contribution >= 4 is 16.9 Å². The van der Waals surface area contributed by atoms with Crippen molar-refractivity contribution in [1.82, 2.24) is 9.97 Å². The number of fused-ring (bicyclic) bond motifs is 1. The van der Waals surface area contributed by atoms with Gasteiger partial charge in [0.15, 0.2) is 0 Å². The van der Waals surface area contributed by atoms with Crippen molar-refractivity contribution in [3.05, 3.63) is 30.5 Å². The van der Waals surface area contributed by atoms with Gasteiger partial charge in [-0.25, -0.2) is 4.98 Å². The minimum atomic E-state index is -0.232. The zero-order chi connectivity index (χ0) is 14.0. The van der Waals surface area contributed by atoms with Crippen molar-refractivity contribution in [2.24, 2.45) is 5.92 Å². The van der Waals surface area contributed by atoms with Gasteiger partial charge in [-0.1, -0.05) is 19.1 Å². The number of nitrogens with one attached hydrogen (secondary N) is 1. The highest BCUT2D eigenvalue weighted by molar-refractivity contribution is 5.75. The highest BCUT2D eigenvalue weighted by Gasteiger charge is 2.33. The Morgan fingerprint density at radius 1 is 1.25 bits per heavy atom. The van der Waals surface area contributed by atoms with E-state index in [1.807, 2.05) is 24.3 Å². The standard InChI is InChI=1S/C16H21N3O/c1-12-6-8-16(11-20,9-7-12)19-15-10-17-13-4-2-3-5-14(13)18-15/h2-5,10,12,20H,6-9,11H2,1H3,(H,18,19). The summed E-state index contributed by atoms with van der Waals surface area (Å²) in [6, 6.07) is 7.84. The van der Waals surface area contributed by atoms with Crippen LogP contribution in [0.1, 0.15) is 32.6 Å². The second kappa shape index (κ2) is 5.37. The Morgan fingerprint density at radius 2 is 1.95 bits per heavy atom. The Labute approximate surface area is 119 Å². The Balaban J connectivity index is 1.83. The SMILES string of the molecule is CC1CCC(CO)(Nc2cnc3ccccc3n2)CC1. The number of nitrogens with zero attached hydrogens (tertiary/aromatic N) is 2. The zero-order valence-corrected chi connectivity index (χ0v) is 11.8. The number of aromatic nitrogens is 2. The molecule has 2 N–H and O–H groups in total. The fourth-order valence-electron chi connectivity index (χ4n) is 2.93. The maximum Gasteiger partial charge on any atom is 0.145 e. The third-order valence-corrected chi connectivity index (χ3v) is 4.38. The number of hydrogen-bond donors (Lipinski definition) is 2. The molecule has 0 unspecified atom stereocenters. The molecule has 1 aromatic carbocycles. The van der Waals surface area contributed by atoms with Gasteiger partial charge in [0.25, 0.3) is 0 Å². The van der Waals surface area contributed by atoms with E-state index >= 15 is 0 Å². The lowest BCUT2D eigenvalue weighted by Gasteiger charge is -2.39. The first-order chi connectivity index (χ1) is 9.71. The molecule has 1 saturated carbocycles. The summed E-state index contributed by atoms with van der Waals surface area (Å²) in [6.45, 7) is 2.42. The molecule has 0 bridgehead atoms. The average molecular weight is 271 g/mol. The summed E-state index contributed by atoms with van der Waals surface area (Å²) in [5.74, 6) is 1.51. The molecule has 106 valence electrons. The zero-order valence-electron chi connectivity index (χ0n) is 11.8. The first kappa shape index (κ1) is 13.3. The third-order valence-electron chi connectivity index (χ3n) is 4.38. The molecule has 0 saturated heterocycles. The number of rotatable bonds is 3. The summed E-state index contributed by atoms with van der Waals surface area (Å²) in [6.07, 6.45) is 6.03. The van der Waals surface area contributed by atoms with Gasteiger partial charge in [-0.2, -0.15) is 0 Å². The first-order valence-corrected chi connectivity index (χ1v) is 7.32. The molecule has 1 aromatic heterocycles. The molecule has 1 heterocycles. The molecule has 4 nitrogen and oxygen atoms in total. The van der Waals surface area contributed by atoms with E-state index in [1.54, 1.807) is 6.20 Å². The van der Waals surface area contributed by atoms with Crippen LogP contribution in [-0.4, -0.2) is 27.2 Å². The Hall–Kier alpha value is -1.68. The van der Waals surface area contributed by atoms with E-state index in [0.29, 0.717) is 0 Å². The normalized spacial score (nSPS) is 26.6. The van der Waals surface area contributed by atoms with Crippen molar-refractivity contribution in [3.8, 4) is 0 Å². The van der Waals surface area contributed by atoms with E-state index in [1.165, 1.54) is 0 Å². The summed E-state index contributed by atoms with van der Waals surface area (Å²) in [7, 11) is 0. The van der Waals surface area contributed by atoms with Crippen LogP contribution < -0.4 is 5.32 Å². The number of aliphatic hydroxyl groups excluding tert-OH is 1. The van der Waals surface area contributed by atoms with Gasteiger partial charge in [0.2, 0.25) is 0 Å². The summed E-state index contributed by atoms with van der Waals surface area (Å²) < 4.78 is 0. The lowest BCUT2D eigenvalue weighted by molar-refractivity contribution is 0.155. The lowest BCUT2D eigenvalue weighted by Crippen LogP contribution is -2.45. The van der Waals surface area contributed by atoms with Gasteiger partial charge in [-0.15, -0.1) is 0 Å². The smallest absolute Gasteiger partial charge is 0.145 e. The minimum absolute atomic E-state index is 0.147. The molecule has 0 aliphatic heterocycles. The topological polar surface area (TPSA) is 58.0 Å². The molecule has 1 aliphatic carbocycles. The van der Waals surface area contributed by atoms with Crippen molar-refractivity contribution < 1.29 is 5.11 Å². The van der Waals surface area contributed by atoms with Crippen molar-refractivity contribution in [2.75, 3.05) is 11.9 Å². The van der Waals surface area contributed by atoms with Crippen LogP contribution in [-0.2, 0) is 0 Å². The van der Waals surface area contributed by atoms with Crippen LogP contribution >= 0.6 is 0 Å². The largest absolute Gasteiger partial charge is 0.394 e. The van der Waals surface area contributed by atoms with E-state index in [0.717, 1.165) is 48.5 Å². The average Bonchev–Trinajstić information content (AvgIpc) is 2.50. The van der Waals surface area contributed by atoms with Gasteiger partial charge in [-0.05, 0) is 43.7 Å². The molecule has 4 heteroatoms. The van der Waals surface area contributed by atoms with E-state index in [9.17, 15) is 5.11 Å². The summed E-state index contributed by atoms with van der Waals surface area (Å²) in [5.41, 5.74) is 1.55. The van der Waals surface area contributed by atoms with Crippen LogP contribution in [0.3, 0.4) is 0 Å². The molecule has 0 atom stereocenters. The molecular formula is C16H21N3O. The van der Waals surface area contributed by atoms with E-state index < -0.39 is 0 Å². The summed E-state index contributed by atoms with van der Waals surface area (Å²) in [4.78, 5) is 9.02. The Bertz CT molecular complexity index is 591. The van der Waals surface area contributed by atoms with Crippen LogP contribution in [0.25, 0.3) is 11.0 Å². The molecule has 0 radical (unpaired) electrons. The lowest BCUT2D eigenvalue weighted by atomic mass is 9.77. The molecule has 0 amide bonds. The number of para-hydroxylation sites is 2. The van der Waals surface area contributed by atoms with Crippen LogP contribution in [0.5, 0.6) is 0 Å². The number of benzene rings is 1. The third kappa shape index (κ3) is 2.61. The van der Waals surface area contributed by atoms with Gasteiger partial charge in [0.1, 0.15) is 5.82 Å². The highest BCUT2D eigenvalue weighted by Crippen LogP contribution is 2.34. The van der Waals surface area contributed by atoms with E-state index in [4.69, 9.17) is 0 Å². The van der Waals surface area contributed by atoms with Gasteiger partial charge in [-0.3, -0.25) is 4.98 Å². The van der Waals surface area contributed by atoms with Gasteiger partial charge in [0.05, 0.1) is 29.4 Å². The van der Waals surface area contributed by atoms with E-state index in [-0.39, 0.29) is 12.1 Å². The van der Waals surface area contributed by atoms with Crippen LogP contribution in [0, 0.1) is 5.92 Å². The molecule has 1 fully saturated rings. The van der Waals surface area contributed by atoms with Crippen molar-refractivity contribution in [3.63, 3.8) is 0 Å².